The van der Waals surface area contributed by atoms with Gasteiger partial charge in [0.2, 0.25) is 0 Å². The average Bonchev–Trinajstić information content (AvgIpc) is 2.76. The Kier molecular flexibility index (Phi) is 7.00. The number of aryl methyl sites for hydroxylation is 1. The maximum absolute atomic E-state index is 10.7. The summed E-state index contributed by atoms with van der Waals surface area (Å²) in [6.45, 7) is 0.414. The number of carboxylic acid groups (broad SMARTS) is 1. The molecule has 0 spiro atoms. The van der Waals surface area contributed by atoms with Crippen LogP contribution in [0.4, 0.5) is 0 Å². The van der Waals surface area contributed by atoms with Gasteiger partial charge in [0.15, 0.2) is 0 Å². The molecule has 0 heterocycles. The van der Waals surface area contributed by atoms with Crippen LogP contribution < -0.4 is 4.74 Å². The first kappa shape index (κ1) is 20.1. The Hall–Kier alpha value is -3.60. The average molecular weight is 389 g/mol. The molecular weight excluding hydrogens is 366 g/mol. The van der Waals surface area contributed by atoms with Crippen molar-refractivity contribution in [3.8, 4) is 5.75 Å². The van der Waals surface area contributed by atoms with Crippen LogP contribution in [0, 0.1) is 0 Å². The normalized spacial score (nSPS) is 11.1. The fourth-order valence-electron chi connectivity index (χ4n) is 2.94. The molecule has 0 bridgehead atoms. The van der Waals surface area contributed by atoms with Crippen molar-refractivity contribution in [2.45, 2.75) is 19.4 Å². The molecule has 3 rings (SSSR count). The fraction of sp³-hybridized carbons (Fsp3) is 0.167. The summed E-state index contributed by atoms with van der Waals surface area (Å²) in [5.74, 6) is -0.0552. The van der Waals surface area contributed by atoms with E-state index in [0.29, 0.717) is 13.0 Å². The van der Waals surface area contributed by atoms with Crippen LogP contribution in [0.3, 0.4) is 0 Å². The summed E-state index contributed by atoms with van der Waals surface area (Å²) in [5, 5.41) is 13.0. The molecule has 0 amide bonds. The highest BCUT2D eigenvalue weighted by Gasteiger charge is 2.09. The lowest BCUT2D eigenvalue weighted by atomic mass is 10.0. The predicted molar refractivity (Wildman–Crippen MR) is 112 cm³/mol. The van der Waals surface area contributed by atoms with E-state index in [1.807, 2.05) is 78.9 Å². The molecule has 5 nitrogen and oxygen atoms in total. The molecule has 0 unspecified atom stereocenters. The number of hydrogen-bond acceptors (Lipinski definition) is 4. The second-order valence-electron chi connectivity index (χ2n) is 6.52. The van der Waals surface area contributed by atoms with Gasteiger partial charge in [0, 0.05) is 17.5 Å². The van der Waals surface area contributed by atoms with Crippen molar-refractivity contribution in [1.29, 1.82) is 0 Å². The Labute approximate surface area is 170 Å². The largest absolute Gasteiger partial charge is 0.489 e. The van der Waals surface area contributed by atoms with E-state index in [-0.39, 0.29) is 6.42 Å². The molecule has 0 aliphatic rings. The van der Waals surface area contributed by atoms with Gasteiger partial charge >= 0.3 is 5.97 Å². The quantitative estimate of drug-likeness (QED) is 0.426. The second-order valence-corrected chi connectivity index (χ2v) is 6.52. The Bertz CT molecular complexity index is 966. The first-order chi connectivity index (χ1) is 14.2. The van der Waals surface area contributed by atoms with Gasteiger partial charge in [0.1, 0.15) is 25.2 Å². The molecular formula is C24H23NO4. The molecule has 29 heavy (non-hydrogen) atoms. The lowest BCUT2D eigenvalue weighted by Crippen LogP contribution is -2.05. The summed E-state index contributed by atoms with van der Waals surface area (Å²) >= 11 is 0. The van der Waals surface area contributed by atoms with Gasteiger partial charge in [0.05, 0.1) is 0 Å². The third kappa shape index (κ3) is 5.94. The molecule has 0 aromatic heterocycles. The number of carbonyl (C=O) groups is 1. The van der Waals surface area contributed by atoms with Crippen molar-refractivity contribution in [2.75, 3.05) is 7.11 Å². The van der Waals surface area contributed by atoms with E-state index in [9.17, 15) is 4.79 Å². The Morgan fingerprint density at radius 3 is 2.31 bits per heavy atom. The SMILES string of the molecule is CO/N=C(\c1ccccc1)c1cccc(COc2ccc(CCC(=O)O)cc2)c1. The number of benzene rings is 3. The summed E-state index contributed by atoms with van der Waals surface area (Å²) in [4.78, 5) is 15.7. The second kappa shape index (κ2) is 10.1. The van der Waals surface area contributed by atoms with Gasteiger partial charge < -0.3 is 14.7 Å². The number of rotatable bonds is 9. The van der Waals surface area contributed by atoms with E-state index >= 15 is 0 Å². The fourth-order valence-corrected chi connectivity index (χ4v) is 2.94. The van der Waals surface area contributed by atoms with Crippen LogP contribution in [-0.4, -0.2) is 23.9 Å². The van der Waals surface area contributed by atoms with Crippen LogP contribution >= 0.6 is 0 Å². The van der Waals surface area contributed by atoms with Crippen LogP contribution in [0.15, 0.2) is 84.0 Å². The lowest BCUT2D eigenvalue weighted by Gasteiger charge is -2.10. The van der Waals surface area contributed by atoms with Gasteiger partial charge in [-0.3, -0.25) is 4.79 Å². The van der Waals surface area contributed by atoms with Crippen molar-refractivity contribution in [3.63, 3.8) is 0 Å². The standard InChI is InChI=1S/C24H23NO4/c1-28-25-24(20-7-3-2-4-8-20)21-9-5-6-19(16-21)17-29-22-13-10-18(11-14-22)12-15-23(26)27/h2-11,13-14,16H,12,15,17H2,1H3,(H,26,27)/b25-24+. The first-order valence-corrected chi connectivity index (χ1v) is 9.35. The molecule has 3 aromatic rings. The monoisotopic (exact) mass is 389 g/mol. The van der Waals surface area contributed by atoms with Crippen LogP contribution in [0.5, 0.6) is 5.75 Å². The van der Waals surface area contributed by atoms with E-state index in [1.165, 1.54) is 7.11 Å². The summed E-state index contributed by atoms with van der Waals surface area (Å²) in [5.41, 5.74) is 4.67. The third-order valence-corrected chi connectivity index (χ3v) is 4.39. The molecule has 0 saturated heterocycles. The Balaban J connectivity index is 1.68. The zero-order valence-electron chi connectivity index (χ0n) is 16.2. The molecule has 0 radical (unpaired) electrons. The van der Waals surface area contributed by atoms with Gasteiger partial charge in [-0.25, -0.2) is 0 Å². The number of carboxylic acids is 1. The molecule has 0 saturated carbocycles. The number of ether oxygens (including phenoxy) is 1. The first-order valence-electron chi connectivity index (χ1n) is 9.35. The van der Waals surface area contributed by atoms with Crippen molar-refractivity contribution in [3.05, 3.63) is 101 Å². The number of nitrogens with zero attached hydrogens (tertiary/aromatic N) is 1. The third-order valence-electron chi connectivity index (χ3n) is 4.39. The van der Waals surface area contributed by atoms with E-state index < -0.39 is 5.97 Å². The summed E-state index contributed by atoms with van der Waals surface area (Å²) in [7, 11) is 1.54. The van der Waals surface area contributed by atoms with Crippen molar-refractivity contribution >= 4 is 11.7 Å². The topological polar surface area (TPSA) is 68.1 Å². The van der Waals surface area contributed by atoms with E-state index in [2.05, 4.69) is 5.16 Å². The summed E-state index contributed by atoms with van der Waals surface area (Å²) in [6.07, 6.45) is 0.637. The highest BCUT2D eigenvalue weighted by molar-refractivity contribution is 6.12. The molecule has 1 N–H and O–H groups in total. The summed E-state index contributed by atoms with van der Waals surface area (Å²) < 4.78 is 5.89. The van der Waals surface area contributed by atoms with E-state index in [1.54, 1.807) is 0 Å². The van der Waals surface area contributed by atoms with Crippen LogP contribution in [-0.2, 0) is 22.7 Å². The highest BCUT2D eigenvalue weighted by atomic mass is 16.6. The van der Waals surface area contributed by atoms with Gasteiger partial charge in [-0.2, -0.15) is 0 Å². The van der Waals surface area contributed by atoms with Crippen LogP contribution in [0.25, 0.3) is 0 Å². The molecule has 148 valence electrons. The van der Waals surface area contributed by atoms with Gasteiger partial charge in [-0.1, -0.05) is 65.8 Å². The van der Waals surface area contributed by atoms with Crippen molar-refractivity contribution in [2.24, 2.45) is 5.16 Å². The number of hydrogen-bond donors (Lipinski definition) is 1. The zero-order valence-corrected chi connectivity index (χ0v) is 16.2. The van der Waals surface area contributed by atoms with Gasteiger partial charge in [-0.05, 0) is 35.7 Å². The molecule has 0 aliphatic carbocycles. The Morgan fingerprint density at radius 1 is 0.897 bits per heavy atom. The number of aliphatic carboxylic acids is 1. The van der Waals surface area contributed by atoms with Crippen molar-refractivity contribution in [1.82, 2.24) is 0 Å². The van der Waals surface area contributed by atoms with Crippen LogP contribution in [0.2, 0.25) is 0 Å². The zero-order chi connectivity index (χ0) is 20.5. The van der Waals surface area contributed by atoms with E-state index in [0.717, 1.165) is 33.7 Å². The maximum atomic E-state index is 10.7. The molecule has 0 aliphatic heterocycles. The molecule has 0 atom stereocenters. The molecule has 3 aromatic carbocycles. The van der Waals surface area contributed by atoms with Crippen LogP contribution in [0.1, 0.15) is 28.7 Å². The van der Waals surface area contributed by atoms with Gasteiger partial charge in [0.25, 0.3) is 0 Å². The highest BCUT2D eigenvalue weighted by Crippen LogP contribution is 2.17. The van der Waals surface area contributed by atoms with Crippen molar-refractivity contribution < 1.29 is 19.5 Å². The maximum Gasteiger partial charge on any atom is 0.303 e. The minimum absolute atomic E-state index is 0.125. The van der Waals surface area contributed by atoms with Gasteiger partial charge in [-0.15, -0.1) is 0 Å². The number of oxime groups is 1. The minimum atomic E-state index is -0.794. The molecule has 5 heteroatoms. The molecule has 0 fully saturated rings. The Morgan fingerprint density at radius 2 is 1.62 bits per heavy atom. The predicted octanol–water partition coefficient (Wildman–Crippen LogP) is 4.68. The smallest absolute Gasteiger partial charge is 0.303 e. The minimum Gasteiger partial charge on any atom is -0.489 e. The lowest BCUT2D eigenvalue weighted by molar-refractivity contribution is -0.136. The van der Waals surface area contributed by atoms with E-state index in [4.69, 9.17) is 14.7 Å². The summed E-state index contributed by atoms with van der Waals surface area (Å²) in [6, 6.07) is 25.4.